The Kier molecular flexibility index (Phi) is 2.52. The number of fused-ring (bicyclic) bond motifs is 11. The molecule has 2 nitrogen and oxygen atoms in total. The molecule has 0 bridgehead atoms. The lowest BCUT2D eigenvalue weighted by atomic mass is 9.98. The van der Waals surface area contributed by atoms with Crippen LogP contribution in [0.15, 0.2) is 89.3 Å². The van der Waals surface area contributed by atoms with Crippen molar-refractivity contribution in [1.82, 2.24) is 4.98 Å². The molecule has 0 saturated heterocycles. The molecule has 0 spiro atoms. The molecule has 0 aliphatic carbocycles. The second-order valence-corrected chi connectivity index (χ2v) is 7.46. The summed E-state index contributed by atoms with van der Waals surface area (Å²) in [7, 11) is 0. The summed E-state index contributed by atoms with van der Waals surface area (Å²) in [6.07, 6.45) is 0. The molecule has 0 aliphatic heterocycles. The molecule has 7 aromatic rings. The number of benzene rings is 5. The van der Waals surface area contributed by atoms with Crippen LogP contribution in [0, 0.1) is 0 Å². The summed E-state index contributed by atoms with van der Waals surface area (Å²) < 4.78 is 6.33. The van der Waals surface area contributed by atoms with Gasteiger partial charge in [-0.15, -0.1) is 0 Å². The second kappa shape index (κ2) is 4.93. The number of furan rings is 1. The van der Waals surface area contributed by atoms with E-state index in [1.54, 1.807) is 0 Å². The van der Waals surface area contributed by atoms with Crippen LogP contribution in [0.25, 0.3) is 65.3 Å². The summed E-state index contributed by atoms with van der Waals surface area (Å²) in [5, 5.41) is 9.72. The average Bonchev–Trinajstić information content (AvgIpc) is 3.31. The number of aromatic amines is 1. The number of rotatable bonds is 0. The van der Waals surface area contributed by atoms with Gasteiger partial charge < -0.3 is 9.40 Å². The quantitative estimate of drug-likeness (QED) is 0.279. The normalized spacial score (nSPS) is 12.3. The van der Waals surface area contributed by atoms with Crippen LogP contribution < -0.4 is 0 Å². The molecule has 28 heavy (non-hydrogen) atoms. The zero-order valence-corrected chi connectivity index (χ0v) is 15.0. The minimum Gasteiger partial charge on any atom is -0.455 e. The third-order valence-electron chi connectivity index (χ3n) is 6.00. The van der Waals surface area contributed by atoms with Gasteiger partial charge in [0.05, 0.1) is 5.52 Å². The Morgan fingerprint density at radius 3 is 2.14 bits per heavy atom. The van der Waals surface area contributed by atoms with Gasteiger partial charge in [-0.1, -0.05) is 66.7 Å². The summed E-state index contributed by atoms with van der Waals surface area (Å²) in [5.74, 6) is 0. The van der Waals surface area contributed by atoms with Crippen molar-refractivity contribution in [2.24, 2.45) is 0 Å². The van der Waals surface area contributed by atoms with Gasteiger partial charge in [0.25, 0.3) is 0 Å². The Balaban J connectivity index is 1.74. The van der Waals surface area contributed by atoms with E-state index in [2.05, 4.69) is 77.8 Å². The molecule has 0 unspecified atom stereocenters. The summed E-state index contributed by atoms with van der Waals surface area (Å²) in [5.41, 5.74) is 4.27. The average molecular weight is 357 g/mol. The van der Waals surface area contributed by atoms with E-state index in [-0.39, 0.29) is 0 Å². The van der Waals surface area contributed by atoms with Crippen LogP contribution in [0.1, 0.15) is 0 Å². The van der Waals surface area contributed by atoms with Crippen LogP contribution in [-0.2, 0) is 0 Å². The second-order valence-electron chi connectivity index (χ2n) is 7.46. The summed E-state index contributed by atoms with van der Waals surface area (Å²) >= 11 is 0. The molecule has 5 aromatic carbocycles. The van der Waals surface area contributed by atoms with E-state index >= 15 is 0 Å². The van der Waals surface area contributed by atoms with E-state index in [1.807, 2.05) is 12.1 Å². The number of aromatic nitrogens is 1. The maximum absolute atomic E-state index is 6.33. The molecule has 0 aliphatic rings. The van der Waals surface area contributed by atoms with Crippen molar-refractivity contribution >= 4 is 65.3 Å². The summed E-state index contributed by atoms with van der Waals surface area (Å²) in [4.78, 5) is 3.63. The van der Waals surface area contributed by atoms with Crippen LogP contribution in [0.3, 0.4) is 0 Å². The molecular formula is C26H15NO. The van der Waals surface area contributed by atoms with Crippen molar-refractivity contribution < 1.29 is 4.42 Å². The van der Waals surface area contributed by atoms with Crippen molar-refractivity contribution in [2.45, 2.75) is 0 Å². The lowest BCUT2D eigenvalue weighted by Gasteiger charge is -2.06. The van der Waals surface area contributed by atoms with Crippen molar-refractivity contribution in [3.8, 4) is 0 Å². The minimum atomic E-state index is 0.939. The Labute approximate surface area is 160 Å². The van der Waals surface area contributed by atoms with Crippen LogP contribution in [0.2, 0.25) is 0 Å². The number of H-pyrrole nitrogens is 1. The van der Waals surface area contributed by atoms with Crippen LogP contribution in [0.4, 0.5) is 0 Å². The standard InChI is InChI=1S/C26H15NO/c1-3-7-22-16(5-1)19-14-13-18-20(25(19)27-22)11-9-15-10-12-21-17-6-2-4-8-23(17)28-26(21)24(15)18/h1-14,27H. The Hall–Kier alpha value is -3.78. The molecule has 0 fully saturated rings. The number of hydrogen-bond acceptors (Lipinski definition) is 1. The molecule has 0 amide bonds. The number of hydrogen-bond donors (Lipinski definition) is 1. The fraction of sp³-hybridized carbons (Fsp3) is 0. The lowest BCUT2D eigenvalue weighted by molar-refractivity contribution is 0.673. The monoisotopic (exact) mass is 357 g/mol. The molecule has 2 heteroatoms. The third-order valence-corrected chi connectivity index (χ3v) is 6.00. The van der Waals surface area contributed by atoms with E-state index in [1.165, 1.54) is 54.1 Å². The first kappa shape index (κ1) is 14.3. The molecule has 7 rings (SSSR count). The maximum atomic E-state index is 6.33. The highest BCUT2D eigenvalue weighted by Gasteiger charge is 2.14. The van der Waals surface area contributed by atoms with Crippen LogP contribution >= 0.6 is 0 Å². The van der Waals surface area contributed by atoms with E-state index in [4.69, 9.17) is 4.42 Å². The highest BCUT2D eigenvalue weighted by atomic mass is 16.3. The minimum absolute atomic E-state index is 0.939. The molecule has 130 valence electrons. The molecule has 0 radical (unpaired) electrons. The van der Waals surface area contributed by atoms with Gasteiger partial charge in [-0.2, -0.15) is 0 Å². The lowest BCUT2D eigenvalue weighted by Crippen LogP contribution is -1.81. The van der Waals surface area contributed by atoms with E-state index in [9.17, 15) is 0 Å². The highest BCUT2D eigenvalue weighted by molar-refractivity contribution is 6.27. The van der Waals surface area contributed by atoms with Gasteiger partial charge in [0.15, 0.2) is 0 Å². The first-order valence-electron chi connectivity index (χ1n) is 9.54. The van der Waals surface area contributed by atoms with Crippen molar-refractivity contribution in [3.05, 3.63) is 84.9 Å². The predicted molar refractivity (Wildman–Crippen MR) is 118 cm³/mol. The van der Waals surface area contributed by atoms with E-state index in [0.717, 1.165) is 11.2 Å². The van der Waals surface area contributed by atoms with E-state index < -0.39 is 0 Å². The molecule has 0 atom stereocenters. The molecule has 1 N–H and O–H groups in total. The Morgan fingerprint density at radius 1 is 0.536 bits per heavy atom. The summed E-state index contributed by atoms with van der Waals surface area (Å²) in [6, 6.07) is 30.0. The molecule has 0 saturated carbocycles. The SMILES string of the molecule is c1ccc2c(c1)[nH]c1c2ccc2c1ccc1ccc3c4ccccc4oc3c12. The zero-order valence-electron chi connectivity index (χ0n) is 15.0. The van der Waals surface area contributed by atoms with Gasteiger partial charge in [0.1, 0.15) is 11.2 Å². The van der Waals surface area contributed by atoms with Crippen molar-refractivity contribution in [3.63, 3.8) is 0 Å². The zero-order chi connectivity index (χ0) is 18.2. The third kappa shape index (κ3) is 1.68. The molecule has 2 heterocycles. The van der Waals surface area contributed by atoms with Crippen molar-refractivity contribution in [2.75, 3.05) is 0 Å². The Bertz CT molecular complexity index is 1720. The van der Waals surface area contributed by atoms with E-state index in [0.29, 0.717) is 0 Å². The maximum Gasteiger partial charge on any atom is 0.143 e. The number of nitrogens with one attached hydrogen (secondary N) is 1. The first-order chi connectivity index (χ1) is 13.9. The van der Waals surface area contributed by atoms with Gasteiger partial charge in [-0.05, 0) is 29.0 Å². The summed E-state index contributed by atoms with van der Waals surface area (Å²) in [6.45, 7) is 0. The molecule has 2 aromatic heterocycles. The topological polar surface area (TPSA) is 28.9 Å². The fourth-order valence-corrected chi connectivity index (χ4v) is 4.73. The van der Waals surface area contributed by atoms with Crippen LogP contribution in [-0.4, -0.2) is 4.98 Å². The highest BCUT2D eigenvalue weighted by Crippen LogP contribution is 2.40. The first-order valence-corrected chi connectivity index (χ1v) is 9.54. The molecular weight excluding hydrogens is 342 g/mol. The van der Waals surface area contributed by atoms with Crippen LogP contribution in [0.5, 0.6) is 0 Å². The smallest absolute Gasteiger partial charge is 0.143 e. The Morgan fingerprint density at radius 2 is 1.21 bits per heavy atom. The van der Waals surface area contributed by atoms with Gasteiger partial charge >= 0.3 is 0 Å². The fourth-order valence-electron chi connectivity index (χ4n) is 4.73. The van der Waals surface area contributed by atoms with Crippen molar-refractivity contribution in [1.29, 1.82) is 0 Å². The largest absolute Gasteiger partial charge is 0.455 e. The number of para-hydroxylation sites is 2. The van der Waals surface area contributed by atoms with Gasteiger partial charge in [0.2, 0.25) is 0 Å². The van der Waals surface area contributed by atoms with Gasteiger partial charge in [-0.25, -0.2) is 0 Å². The van der Waals surface area contributed by atoms with Gasteiger partial charge in [0, 0.05) is 37.8 Å². The predicted octanol–water partition coefficient (Wildman–Crippen LogP) is 7.53. The van der Waals surface area contributed by atoms with Gasteiger partial charge in [-0.3, -0.25) is 0 Å².